The number of benzene rings is 2. The third-order valence-corrected chi connectivity index (χ3v) is 5.96. The van der Waals surface area contributed by atoms with E-state index in [2.05, 4.69) is 35.0 Å². The summed E-state index contributed by atoms with van der Waals surface area (Å²) in [5, 5.41) is 13.2. The molecular formula is C24H24O4S. The van der Waals surface area contributed by atoms with E-state index in [1.807, 2.05) is 24.3 Å². The number of thiophene rings is 1. The first-order valence-electron chi connectivity index (χ1n) is 9.92. The average Bonchev–Trinajstić information content (AvgIpc) is 3.38. The summed E-state index contributed by atoms with van der Waals surface area (Å²) in [5.74, 6) is 1.12. The number of ether oxygens (including phenoxy) is 2. The third-order valence-electron chi connectivity index (χ3n) is 5.27. The van der Waals surface area contributed by atoms with Crippen LogP contribution in [0.3, 0.4) is 0 Å². The van der Waals surface area contributed by atoms with E-state index in [0.29, 0.717) is 13.2 Å². The Labute approximate surface area is 174 Å². The van der Waals surface area contributed by atoms with E-state index in [1.165, 1.54) is 16.7 Å². The maximum atomic E-state index is 11.0. The summed E-state index contributed by atoms with van der Waals surface area (Å²) < 4.78 is 11.7. The second-order valence-electron chi connectivity index (χ2n) is 7.28. The van der Waals surface area contributed by atoms with Crippen LogP contribution in [0, 0.1) is 0 Å². The van der Waals surface area contributed by atoms with Gasteiger partial charge in [-0.05, 0) is 82.1 Å². The number of hydrogen-bond acceptors (Lipinski definition) is 4. The van der Waals surface area contributed by atoms with Crippen molar-refractivity contribution in [1.82, 2.24) is 0 Å². The fourth-order valence-corrected chi connectivity index (χ4v) is 4.47. The van der Waals surface area contributed by atoms with E-state index < -0.39 is 5.97 Å². The first-order chi connectivity index (χ1) is 14.2. The minimum Gasteiger partial charge on any atom is -0.493 e. The molecule has 0 saturated heterocycles. The van der Waals surface area contributed by atoms with Gasteiger partial charge in [0.2, 0.25) is 0 Å². The highest BCUT2D eigenvalue weighted by molar-refractivity contribution is 7.08. The summed E-state index contributed by atoms with van der Waals surface area (Å²) >= 11 is 1.70. The summed E-state index contributed by atoms with van der Waals surface area (Å²) in [6.45, 7) is 1.19. The molecule has 1 heterocycles. The molecule has 1 aromatic heterocycles. The topological polar surface area (TPSA) is 55.8 Å². The molecule has 1 aliphatic rings. The number of carboxylic acid groups (broad SMARTS) is 1. The minimum atomic E-state index is -0.732. The van der Waals surface area contributed by atoms with E-state index in [1.54, 1.807) is 11.3 Å². The SMILES string of the molecule is O=C(O)C[C@@H]1CCc2cc(OCCCOc3ccc(-c4ccsc4)cc3)ccc21. The van der Waals surface area contributed by atoms with Crippen molar-refractivity contribution in [3.63, 3.8) is 0 Å². The van der Waals surface area contributed by atoms with Crippen molar-refractivity contribution in [2.24, 2.45) is 0 Å². The van der Waals surface area contributed by atoms with E-state index in [4.69, 9.17) is 14.6 Å². The predicted octanol–water partition coefficient (Wildman–Crippen LogP) is 5.77. The molecule has 0 fully saturated rings. The number of fused-ring (bicyclic) bond motifs is 1. The third kappa shape index (κ3) is 4.98. The Bertz CT molecular complexity index is 948. The molecule has 29 heavy (non-hydrogen) atoms. The Morgan fingerprint density at radius 1 is 1.00 bits per heavy atom. The molecule has 4 rings (SSSR count). The van der Waals surface area contributed by atoms with E-state index in [9.17, 15) is 4.79 Å². The van der Waals surface area contributed by atoms with Gasteiger partial charge in [-0.15, -0.1) is 0 Å². The summed E-state index contributed by atoms with van der Waals surface area (Å²) in [6.07, 6.45) is 2.84. The van der Waals surface area contributed by atoms with Gasteiger partial charge in [-0.25, -0.2) is 0 Å². The van der Waals surface area contributed by atoms with E-state index >= 15 is 0 Å². The highest BCUT2D eigenvalue weighted by Gasteiger charge is 2.24. The number of hydrogen-bond donors (Lipinski definition) is 1. The fourth-order valence-electron chi connectivity index (χ4n) is 3.81. The van der Waals surface area contributed by atoms with Gasteiger partial charge in [-0.2, -0.15) is 11.3 Å². The van der Waals surface area contributed by atoms with Crippen LogP contribution in [0.2, 0.25) is 0 Å². The van der Waals surface area contributed by atoms with Crippen LogP contribution < -0.4 is 9.47 Å². The summed E-state index contributed by atoms with van der Waals surface area (Å²) in [5.41, 5.74) is 4.81. The number of carbonyl (C=O) groups is 1. The van der Waals surface area contributed by atoms with Crippen molar-refractivity contribution in [2.45, 2.75) is 31.6 Å². The number of aryl methyl sites for hydroxylation is 1. The Hall–Kier alpha value is -2.79. The molecule has 0 bridgehead atoms. The Morgan fingerprint density at radius 3 is 2.48 bits per heavy atom. The van der Waals surface area contributed by atoms with Gasteiger partial charge in [0.05, 0.1) is 19.6 Å². The van der Waals surface area contributed by atoms with Gasteiger partial charge in [0.25, 0.3) is 0 Å². The highest BCUT2D eigenvalue weighted by Crippen LogP contribution is 2.37. The van der Waals surface area contributed by atoms with Crippen molar-refractivity contribution in [3.8, 4) is 22.6 Å². The zero-order chi connectivity index (χ0) is 20.1. The van der Waals surface area contributed by atoms with Crippen LogP contribution in [0.4, 0.5) is 0 Å². The van der Waals surface area contributed by atoms with Gasteiger partial charge in [-0.3, -0.25) is 4.79 Å². The van der Waals surface area contributed by atoms with Gasteiger partial charge in [0.1, 0.15) is 11.5 Å². The molecule has 4 nitrogen and oxygen atoms in total. The largest absolute Gasteiger partial charge is 0.493 e. The van der Waals surface area contributed by atoms with Crippen LogP contribution in [-0.4, -0.2) is 24.3 Å². The Balaban J connectivity index is 1.21. The molecule has 2 aromatic carbocycles. The van der Waals surface area contributed by atoms with E-state index in [0.717, 1.165) is 36.3 Å². The second kappa shape index (κ2) is 9.14. The van der Waals surface area contributed by atoms with Crippen molar-refractivity contribution in [1.29, 1.82) is 0 Å². The molecule has 0 radical (unpaired) electrons. The Morgan fingerprint density at radius 2 is 1.76 bits per heavy atom. The van der Waals surface area contributed by atoms with Crippen molar-refractivity contribution < 1.29 is 19.4 Å². The van der Waals surface area contributed by atoms with Crippen LogP contribution in [0.5, 0.6) is 11.5 Å². The van der Waals surface area contributed by atoms with Gasteiger partial charge in [-0.1, -0.05) is 18.2 Å². The summed E-state index contributed by atoms with van der Waals surface area (Å²) in [4.78, 5) is 11.0. The number of aliphatic carboxylic acids is 1. The number of carboxylic acids is 1. The van der Waals surface area contributed by atoms with E-state index in [-0.39, 0.29) is 12.3 Å². The lowest BCUT2D eigenvalue weighted by Gasteiger charge is -2.11. The maximum Gasteiger partial charge on any atom is 0.303 e. The van der Waals surface area contributed by atoms with Gasteiger partial charge in [0, 0.05) is 6.42 Å². The highest BCUT2D eigenvalue weighted by atomic mass is 32.1. The standard InChI is InChI=1S/C24H24O4S/c25-24(26)15-19-3-2-18-14-22(8-9-23(18)19)28-12-1-11-27-21-6-4-17(5-7-21)20-10-13-29-16-20/h4-10,13-14,16,19H,1-3,11-12,15H2,(H,25,26)/t19-/m0/s1. The van der Waals surface area contributed by atoms with Crippen LogP contribution >= 0.6 is 11.3 Å². The first kappa shape index (κ1) is 19.5. The lowest BCUT2D eigenvalue weighted by atomic mass is 9.98. The average molecular weight is 409 g/mol. The monoisotopic (exact) mass is 408 g/mol. The van der Waals surface area contributed by atoms with Crippen molar-refractivity contribution in [3.05, 3.63) is 70.4 Å². The van der Waals surface area contributed by atoms with Crippen LogP contribution in [-0.2, 0) is 11.2 Å². The lowest BCUT2D eigenvalue weighted by Crippen LogP contribution is -2.05. The van der Waals surface area contributed by atoms with Crippen LogP contribution in [0.15, 0.2) is 59.3 Å². The molecule has 1 N–H and O–H groups in total. The Kier molecular flexibility index (Phi) is 6.15. The smallest absolute Gasteiger partial charge is 0.303 e. The van der Waals surface area contributed by atoms with Gasteiger partial charge >= 0.3 is 5.97 Å². The zero-order valence-electron chi connectivity index (χ0n) is 16.2. The van der Waals surface area contributed by atoms with Crippen molar-refractivity contribution in [2.75, 3.05) is 13.2 Å². The van der Waals surface area contributed by atoms with Crippen LogP contribution in [0.1, 0.15) is 36.3 Å². The molecule has 1 atom stereocenters. The zero-order valence-corrected chi connectivity index (χ0v) is 17.0. The maximum absolute atomic E-state index is 11.0. The quantitative estimate of drug-likeness (QED) is 0.457. The van der Waals surface area contributed by atoms with Gasteiger partial charge < -0.3 is 14.6 Å². The molecule has 5 heteroatoms. The predicted molar refractivity (Wildman–Crippen MR) is 115 cm³/mol. The molecule has 150 valence electrons. The molecular weight excluding hydrogens is 384 g/mol. The normalized spacial score (nSPS) is 15.1. The first-order valence-corrected chi connectivity index (χ1v) is 10.9. The second-order valence-corrected chi connectivity index (χ2v) is 8.06. The molecule has 0 spiro atoms. The molecule has 0 unspecified atom stereocenters. The van der Waals surface area contributed by atoms with Crippen molar-refractivity contribution >= 4 is 17.3 Å². The summed E-state index contributed by atoms with van der Waals surface area (Å²) in [6, 6.07) is 16.3. The minimum absolute atomic E-state index is 0.135. The van der Waals surface area contributed by atoms with Crippen LogP contribution in [0.25, 0.3) is 11.1 Å². The van der Waals surface area contributed by atoms with Gasteiger partial charge in [0.15, 0.2) is 0 Å². The summed E-state index contributed by atoms with van der Waals surface area (Å²) in [7, 11) is 0. The number of rotatable bonds is 9. The molecule has 0 amide bonds. The lowest BCUT2D eigenvalue weighted by molar-refractivity contribution is -0.137. The molecule has 0 aliphatic heterocycles. The molecule has 0 saturated carbocycles. The molecule has 3 aromatic rings. The fraction of sp³-hybridized carbons (Fsp3) is 0.292. The molecule has 1 aliphatic carbocycles.